The summed E-state index contributed by atoms with van der Waals surface area (Å²) in [5.41, 5.74) is 4.25. The van der Waals surface area contributed by atoms with Gasteiger partial charge in [0.05, 0.1) is 24.0 Å². The number of aryl methyl sites for hydroxylation is 1. The first-order valence-corrected chi connectivity index (χ1v) is 12.0. The molecular formula is C25H29N9. The van der Waals surface area contributed by atoms with Crippen LogP contribution in [0, 0.1) is 0 Å². The van der Waals surface area contributed by atoms with E-state index in [9.17, 15) is 0 Å². The van der Waals surface area contributed by atoms with Crippen LogP contribution in [0.3, 0.4) is 0 Å². The molecule has 0 radical (unpaired) electrons. The van der Waals surface area contributed by atoms with Crippen molar-refractivity contribution in [3.05, 3.63) is 54.2 Å². The van der Waals surface area contributed by atoms with Crippen molar-refractivity contribution < 1.29 is 0 Å². The summed E-state index contributed by atoms with van der Waals surface area (Å²) >= 11 is 0. The summed E-state index contributed by atoms with van der Waals surface area (Å²) in [7, 11) is 1.92. The molecular weight excluding hydrogens is 426 g/mol. The van der Waals surface area contributed by atoms with Gasteiger partial charge in [-0.05, 0) is 43.4 Å². The molecule has 9 heteroatoms. The van der Waals surface area contributed by atoms with Crippen LogP contribution in [-0.4, -0.2) is 55.9 Å². The van der Waals surface area contributed by atoms with Crippen molar-refractivity contribution in [2.24, 2.45) is 7.05 Å². The molecule has 2 N–H and O–H groups in total. The second-order valence-electron chi connectivity index (χ2n) is 9.25. The van der Waals surface area contributed by atoms with Gasteiger partial charge in [0.15, 0.2) is 5.82 Å². The van der Waals surface area contributed by atoms with Gasteiger partial charge in [0.25, 0.3) is 0 Å². The van der Waals surface area contributed by atoms with E-state index >= 15 is 0 Å². The fourth-order valence-corrected chi connectivity index (χ4v) is 4.64. The summed E-state index contributed by atoms with van der Waals surface area (Å²) in [6.07, 6.45) is 12.0. The van der Waals surface area contributed by atoms with E-state index in [4.69, 9.17) is 9.97 Å². The lowest BCUT2D eigenvalue weighted by molar-refractivity contribution is 0.586. The highest BCUT2D eigenvalue weighted by molar-refractivity contribution is 5.94. The fourth-order valence-electron chi connectivity index (χ4n) is 4.64. The smallest absolute Gasteiger partial charge is 0.162 e. The summed E-state index contributed by atoms with van der Waals surface area (Å²) in [5, 5.41) is 12.4. The number of fused-ring (bicyclic) bond motifs is 1. The van der Waals surface area contributed by atoms with Crippen LogP contribution in [0.25, 0.3) is 22.3 Å². The Hall–Kier alpha value is -3.59. The second kappa shape index (κ2) is 8.64. The predicted molar refractivity (Wildman–Crippen MR) is 133 cm³/mol. The van der Waals surface area contributed by atoms with Crippen molar-refractivity contribution in [1.29, 1.82) is 0 Å². The SMILES string of the molecule is CC(Nc1cc(-c2nc(N3CCNCC3)c3c(C4CC4)cncc3n2)ccn1)c1cnn(C)c1. The van der Waals surface area contributed by atoms with Crippen LogP contribution < -0.4 is 15.5 Å². The maximum atomic E-state index is 5.14. The van der Waals surface area contributed by atoms with Crippen LogP contribution in [0.5, 0.6) is 0 Å². The third-order valence-electron chi connectivity index (χ3n) is 6.66. The lowest BCUT2D eigenvalue weighted by Crippen LogP contribution is -2.44. The normalized spacial score (nSPS) is 17.2. The average molecular weight is 456 g/mol. The molecule has 1 unspecified atom stereocenters. The molecule has 1 atom stereocenters. The minimum absolute atomic E-state index is 0.0793. The minimum atomic E-state index is 0.0793. The molecule has 2 aliphatic rings. The van der Waals surface area contributed by atoms with E-state index in [1.807, 2.05) is 54.8 Å². The number of hydrogen-bond acceptors (Lipinski definition) is 8. The molecule has 34 heavy (non-hydrogen) atoms. The second-order valence-corrected chi connectivity index (χ2v) is 9.25. The molecule has 0 aromatic carbocycles. The van der Waals surface area contributed by atoms with Gasteiger partial charge in [-0.1, -0.05) is 0 Å². The summed E-state index contributed by atoms with van der Waals surface area (Å²) < 4.78 is 1.81. The van der Waals surface area contributed by atoms with Crippen molar-refractivity contribution in [3.8, 4) is 11.4 Å². The highest BCUT2D eigenvalue weighted by atomic mass is 15.2. The van der Waals surface area contributed by atoms with Crippen LogP contribution in [-0.2, 0) is 7.05 Å². The number of nitrogens with zero attached hydrogens (tertiary/aromatic N) is 7. The lowest BCUT2D eigenvalue weighted by Gasteiger charge is -2.30. The number of anilines is 2. The van der Waals surface area contributed by atoms with Gasteiger partial charge in [-0.2, -0.15) is 5.10 Å². The van der Waals surface area contributed by atoms with Crippen molar-refractivity contribution in [2.45, 2.75) is 31.7 Å². The predicted octanol–water partition coefficient (Wildman–Crippen LogP) is 3.28. The van der Waals surface area contributed by atoms with E-state index in [2.05, 4.69) is 37.5 Å². The first-order chi connectivity index (χ1) is 16.7. The van der Waals surface area contributed by atoms with Crippen molar-refractivity contribution in [3.63, 3.8) is 0 Å². The van der Waals surface area contributed by atoms with Crippen LogP contribution in [0.2, 0.25) is 0 Å². The van der Waals surface area contributed by atoms with Gasteiger partial charge in [0.2, 0.25) is 0 Å². The maximum absolute atomic E-state index is 5.14. The molecule has 0 spiro atoms. The Morgan fingerprint density at radius 3 is 2.74 bits per heavy atom. The number of aromatic nitrogens is 6. The summed E-state index contributed by atoms with van der Waals surface area (Å²) in [6, 6.07) is 4.07. The zero-order valence-corrected chi connectivity index (χ0v) is 19.6. The molecule has 1 aliphatic carbocycles. The van der Waals surface area contributed by atoms with Gasteiger partial charge >= 0.3 is 0 Å². The van der Waals surface area contributed by atoms with Gasteiger partial charge in [-0.25, -0.2) is 15.0 Å². The Morgan fingerprint density at radius 1 is 1.12 bits per heavy atom. The molecule has 4 aromatic heterocycles. The van der Waals surface area contributed by atoms with Crippen molar-refractivity contribution in [1.82, 2.24) is 35.0 Å². The molecule has 2 fully saturated rings. The Morgan fingerprint density at radius 2 is 1.97 bits per heavy atom. The molecule has 5 heterocycles. The molecule has 0 bridgehead atoms. The standard InChI is InChI=1S/C25H29N9/c1-16(19-12-29-33(2)15-19)30-22-11-18(5-6-28-22)24-31-21-14-27-13-20(17-3-4-17)23(21)25(32-24)34-9-7-26-8-10-34/h5-6,11-17,26H,3-4,7-10H2,1-2H3,(H,28,30). The average Bonchev–Trinajstić information content (AvgIpc) is 3.63. The molecule has 1 saturated heterocycles. The van der Waals surface area contributed by atoms with Crippen LogP contribution in [0.1, 0.15) is 42.9 Å². The quantitative estimate of drug-likeness (QED) is 0.457. The van der Waals surface area contributed by atoms with Crippen molar-refractivity contribution >= 4 is 22.5 Å². The Labute approximate surface area is 198 Å². The Balaban J connectivity index is 1.39. The van der Waals surface area contributed by atoms with Gasteiger partial charge in [-0.3, -0.25) is 9.67 Å². The molecule has 6 rings (SSSR count). The molecule has 0 amide bonds. The third-order valence-corrected chi connectivity index (χ3v) is 6.66. The van der Waals surface area contributed by atoms with Gasteiger partial charge in [0.1, 0.15) is 11.6 Å². The number of hydrogen-bond donors (Lipinski definition) is 2. The van der Waals surface area contributed by atoms with E-state index < -0.39 is 0 Å². The van der Waals surface area contributed by atoms with E-state index in [0.29, 0.717) is 11.7 Å². The van der Waals surface area contributed by atoms with Crippen LogP contribution in [0.15, 0.2) is 43.1 Å². The summed E-state index contributed by atoms with van der Waals surface area (Å²) in [4.78, 5) is 21.6. The maximum Gasteiger partial charge on any atom is 0.162 e. The number of piperazine rings is 1. The molecule has 9 nitrogen and oxygen atoms in total. The third kappa shape index (κ3) is 4.07. The summed E-state index contributed by atoms with van der Waals surface area (Å²) in [5.74, 6) is 3.10. The van der Waals surface area contributed by atoms with E-state index in [1.54, 1.807) is 0 Å². The lowest BCUT2D eigenvalue weighted by atomic mass is 10.1. The zero-order valence-electron chi connectivity index (χ0n) is 19.6. The minimum Gasteiger partial charge on any atom is -0.363 e. The highest BCUT2D eigenvalue weighted by Crippen LogP contribution is 2.44. The van der Waals surface area contributed by atoms with E-state index in [0.717, 1.165) is 54.5 Å². The number of rotatable bonds is 6. The first-order valence-electron chi connectivity index (χ1n) is 12.0. The molecule has 4 aromatic rings. The van der Waals surface area contributed by atoms with E-state index in [1.165, 1.54) is 23.8 Å². The molecule has 174 valence electrons. The number of pyridine rings is 2. The Kier molecular flexibility index (Phi) is 5.33. The van der Waals surface area contributed by atoms with Gasteiger partial charge in [0, 0.05) is 68.3 Å². The molecule has 1 aliphatic heterocycles. The monoisotopic (exact) mass is 455 g/mol. The van der Waals surface area contributed by atoms with Crippen LogP contribution in [0.4, 0.5) is 11.6 Å². The van der Waals surface area contributed by atoms with E-state index in [-0.39, 0.29) is 6.04 Å². The highest BCUT2D eigenvalue weighted by Gasteiger charge is 2.29. The van der Waals surface area contributed by atoms with Crippen molar-refractivity contribution in [2.75, 3.05) is 36.4 Å². The van der Waals surface area contributed by atoms with Gasteiger partial charge < -0.3 is 15.5 Å². The number of nitrogens with one attached hydrogen (secondary N) is 2. The van der Waals surface area contributed by atoms with Gasteiger partial charge in [-0.15, -0.1) is 0 Å². The zero-order chi connectivity index (χ0) is 23.1. The largest absolute Gasteiger partial charge is 0.363 e. The summed E-state index contributed by atoms with van der Waals surface area (Å²) in [6.45, 7) is 5.89. The fraction of sp³-hybridized carbons (Fsp3) is 0.400. The Bertz CT molecular complexity index is 1320. The topological polar surface area (TPSA) is 96.7 Å². The first kappa shape index (κ1) is 21.0. The van der Waals surface area contributed by atoms with Crippen LogP contribution >= 0.6 is 0 Å². The molecule has 1 saturated carbocycles.